The molecule has 1 aromatic heterocycles. The Morgan fingerprint density at radius 3 is 2.83 bits per heavy atom. The molecule has 0 aliphatic carbocycles. The summed E-state index contributed by atoms with van der Waals surface area (Å²) in [5, 5.41) is 4.14. The van der Waals surface area contributed by atoms with Crippen LogP contribution >= 0.6 is 0 Å². The molecule has 1 atom stereocenters. The topological polar surface area (TPSA) is 34.9 Å². The zero-order valence-corrected chi connectivity index (χ0v) is 7.74. The number of aromatic nitrogens is 2. The lowest BCUT2D eigenvalue weighted by Crippen LogP contribution is -2.07. The maximum Gasteiger partial charge on any atom is 0.153 e. The van der Waals surface area contributed by atoms with Gasteiger partial charge in [-0.3, -0.25) is 9.48 Å². The normalized spacial score (nSPS) is 12.9. The van der Waals surface area contributed by atoms with E-state index in [1.54, 1.807) is 6.20 Å². The fraction of sp³-hybridized carbons (Fsp3) is 0.556. The van der Waals surface area contributed by atoms with Crippen LogP contribution in [0.2, 0.25) is 0 Å². The van der Waals surface area contributed by atoms with E-state index in [2.05, 4.69) is 18.9 Å². The molecule has 0 aromatic carbocycles. The number of nitrogens with zero attached hydrogens (tertiary/aromatic N) is 2. The van der Waals surface area contributed by atoms with Crippen LogP contribution < -0.4 is 0 Å². The van der Waals surface area contributed by atoms with Crippen molar-refractivity contribution in [3.8, 4) is 0 Å². The number of hydrogen-bond acceptors (Lipinski definition) is 2. The van der Waals surface area contributed by atoms with Gasteiger partial charge < -0.3 is 0 Å². The summed E-state index contributed by atoms with van der Waals surface area (Å²) in [5.74, 6) is 0. The number of hydrogen-bond donors (Lipinski definition) is 0. The van der Waals surface area contributed by atoms with E-state index in [-0.39, 0.29) is 0 Å². The van der Waals surface area contributed by atoms with Crippen molar-refractivity contribution in [2.45, 2.75) is 33.2 Å². The maximum absolute atomic E-state index is 10.5. The lowest BCUT2D eigenvalue weighted by molar-refractivity contribution is 0.112. The number of rotatable bonds is 3. The van der Waals surface area contributed by atoms with Gasteiger partial charge in [-0.25, -0.2) is 0 Å². The van der Waals surface area contributed by atoms with Gasteiger partial charge in [-0.2, -0.15) is 5.10 Å². The molecular formula is C9H14N2O. The predicted octanol–water partition coefficient (Wildman–Crippen LogP) is 1.98. The van der Waals surface area contributed by atoms with Gasteiger partial charge in [-0.05, 0) is 20.3 Å². The third kappa shape index (κ3) is 1.40. The Kier molecular flexibility index (Phi) is 2.63. The van der Waals surface area contributed by atoms with Gasteiger partial charge in [0.15, 0.2) is 6.29 Å². The van der Waals surface area contributed by atoms with Gasteiger partial charge in [0, 0.05) is 11.7 Å². The summed E-state index contributed by atoms with van der Waals surface area (Å²) in [6.07, 6.45) is 3.50. The Hall–Kier alpha value is -1.12. The summed E-state index contributed by atoms with van der Waals surface area (Å²) in [6.45, 7) is 6.11. The van der Waals surface area contributed by atoms with Gasteiger partial charge in [0.25, 0.3) is 0 Å². The average Bonchev–Trinajstić information content (AvgIpc) is 2.45. The van der Waals surface area contributed by atoms with Gasteiger partial charge in [-0.1, -0.05) is 6.92 Å². The molecule has 3 heteroatoms. The van der Waals surface area contributed by atoms with E-state index in [0.717, 1.165) is 18.4 Å². The zero-order chi connectivity index (χ0) is 9.14. The average molecular weight is 166 g/mol. The second-order valence-corrected chi connectivity index (χ2v) is 3.01. The standard InChI is InChI=1S/C9H14N2O/c1-4-7(2)11-8(3)9(6-12)5-10-11/h5-7H,4H2,1-3H3/t7-/m0/s1. The molecule has 1 heterocycles. The van der Waals surface area contributed by atoms with Crippen LogP contribution in [0.1, 0.15) is 42.4 Å². The number of carbonyl (C=O) groups is 1. The minimum atomic E-state index is 0.374. The number of aldehydes is 1. The van der Waals surface area contributed by atoms with Gasteiger partial charge >= 0.3 is 0 Å². The molecule has 12 heavy (non-hydrogen) atoms. The van der Waals surface area contributed by atoms with Gasteiger partial charge in [0.1, 0.15) is 0 Å². The minimum Gasteiger partial charge on any atom is -0.298 e. The van der Waals surface area contributed by atoms with E-state index in [9.17, 15) is 4.79 Å². The Bertz CT molecular complexity index is 278. The first-order valence-electron chi connectivity index (χ1n) is 4.20. The van der Waals surface area contributed by atoms with Crippen LogP contribution in [0, 0.1) is 6.92 Å². The van der Waals surface area contributed by atoms with E-state index in [1.807, 2.05) is 11.6 Å². The molecule has 0 spiro atoms. The highest BCUT2D eigenvalue weighted by Crippen LogP contribution is 2.13. The van der Waals surface area contributed by atoms with Gasteiger partial charge in [0.05, 0.1) is 11.8 Å². The summed E-state index contributed by atoms with van der Waals surface area (Å²) in [5.41, 5.74) is 1.65. The summed E-state index contributed by atoms with van der Waals surface area (Å²) in [4.78, 5) is 10.5. The fourth-order valence-electron chi connectivity index (χ4n) is 1.17. The Morgan fingerprint density at radius 2 is 2.42 bits per heavy atom. The van der Waals surface area contributed by atoms with Crippen molar-refractivity contribution in [1.82, 2.24) is 9.78 Å². The van der Waals surface area contributed by atoms with E-state index in [1.165, 1.54) is 0 Å². The van der Waals surface area contributed by atoms with E-state index in [4.69, 9.17) is 0 Å². The first-order valence-corrected chi connectivity index (χ1v) is 4.20. The van der Waals surface area contributed by atoms with Crippen LogP contribution in [0.3, 0.4) is 0 Å². The molecule has 0 radical (unpaired) electrons. The lowest BCUT2D eigenvalue weighted by atomic mass is 10.2. The third-order valence-electron chi connectivity index (χ3n) is 2.22. The SMILES string of the molecule is CC[C@H](C)n1ncc(C=O)c1C. The molecule has 0 N–H and O–H groups in total. The van der Waals surface area contributed by atoms with Gasteiger partial charge in [0.2, 0.25) is 0 Å². The van der Waals surface area contributed by atoms with E-state index >= 15 is 0 Å². The highest BCUT2D eigenvalue weighted by Gasteiger charge is 2.09. The maximum atomic E-state index is 10.5. The molecule has 0 amide bonds. The Labute approximate surface area is 72.4 Å². The minimum absolute atomic E-state index is 0.374. The predicted molar refractivity (Wildman–Crippen MR) is 47.4 cm³/mol. The molecule has 0 unspecified atom stereocenters. The monoisotopic (exact) mass is 166 g/mol. The zero-order valence-electron chi connectivity index (χ0n) is 7.74. The van der Waals surface area contributed by atoms with Crippen molar-refractivity contribution < 1.29 is 4.79 Å². The molecule has 0 saturated heterocycles. The highest BCUT2D eigenvalue weighted by molar-refractivity contribution is 5.75. The summed E-state index contributed by atoms with van der Waals surface area (Å²) >= 11 is 0. The second-order valence-electron chi connectivity index (χ2n) is 3.01. The second kappa shape index (κ2) is 3.52. The van der Waals surface area contributed by atoms with Crippen LogP contribution in [-0.4, -0.2) is 16.1 Å². The quantitative estimate of drug-likeness (QED) is 0.643. The third-order valence-corrected chi connectivity index (χ3v) is 2.22. The molecule has 1 rings (SSSR count). The molecule has 3 nitrogen and oxygen atoms in total. The lowest BCUT2D eigenvalue weighted by Gasteiger charge is -2.10. The van der Waals surface area contributed by atoms with Crippen LogP contribution in [0.25, 0.3) is 0 Å². The van der Waals surface area contributed by atoms with E-state index in [0.29, 0.717) is 11.6 Å². The summed E-state index contributed by atoms with van der Waals surface area (Å²) < 4.78 is 1.89. The summed E-state index contributed by atoms with van der Waals surface area (Å²) in [7, 11) is 0. The first kappa shape index (κ1) is 8.97. The largest absolute Gasteiger partial charge is 0.298 e. The van der Waals surface area contributed by atoms with Crippen LogP contribution in [0.4, 0.5) is 0 Å². The van der Waals surface area contributed by atoms with Crippen LogP contribution in [0.15, 0.2) is 6.20 Å². The van der Waals surface area contributed by atoms with Crippen molar-refractivity contribution in [2.75, 3.05) is 0 Å². The van der Waals surface area contributed by atoms with Crippen LogP contribution in [0.5, 0.6) is 0 Å². The van der Waals surface area contributed by atoms with Crippen molar-refractivity contribution >= 4 is 6.29 Å². The van der Waals surface area contributed by atoms with Crippen molar-refractivity contribution in [1.29, 1.82) is 0 Å². The molecule has 0 aliphatic rings. The molecule has 0 saturated carbocycles. The smallest absolute Gasteiger partial charge is 0.153 e. The molecule has 66 valence electrons. The fourth-order valence-corrected chi connectivity index (χ4v) is 1.17. The Balaban J connectivity index is 3.01. The highest BCUT2D eigenvalue weighted by atomic mass is 16.1. The summed E-state index contributed by atoms with van der Waals surface area (Å²) in [6, 6.07) is 0.374. The van der Waals surface area contributed by atoms with Crippen molar-refractivity contribution in [3.05, 3.63) is 17.5 Å². The molecule has 1 aromatic rings. The van der Waals surface area contributed by atoms with Gasteiger partial charge in [-0.15, -0.1) is 0 Å². The van der Waals surface area contributed by atoms with Crippen molar-refractivity contribution in [3.63, 3.8) is 0 Å². The Morgan fingerprint density at radius 1 is 1.75 bits per heavy atom. The molecule has 0 fully saturated rings. The molecular weight excluding hydrogens is 152 g/mol. The molecule has 0 aliphatic heterocycles. The molecule has 0 bridgehead atoms. The van der Waals surface area contributed by atoms with Crippen LogP contribution in [-0.2, 0) is 0 Å². The number of carbonyl (C=O) groups excluding carboxylic acids is 1. The van der Waals surface area contributed by atoms with E-state index < -0.39 is 0 Å². The first-order chi connectivity index (χ1) is 5.70. The van der Waals surface area contributed by atoms with Crippen molar-refractivity contribution in [2.24, 2.45) is 0 Å².